The molecule has 6 rings (SSSR count). The smallest absolute Gasteiger partial charge is 0.349 e. The topological polar surface area (TPSA) is 79.6 Å². The minimum absolute atomic E-state index is 0.0588. The third-order valence-electron chi connectivity index (χ3n) is 7.00. The number of halogens is 3. The van der Waals surface area contributed by atoms with Crippen LogP contribution in [-0.2, 0) is 6.18 Å². The predicted octanol–water partition coefficient (Wildman–Crippen LogP) is 5.05. The number of imidazole rings is 1. The first kappa shape index (κ1) is 24.1. The van der Waals surface area contributed by atoms with Gasteiger partial charge in [0.25, 0.3) is 11.8 Å². The summed E-state index contributed by atoms with van der Waals surface area (Å²) in [7, 11) is 0. The van der Waals surface area contributed by atoms with Crippen LogP contribution in [0.15, 0.2) is 35.8 Å². The van der Waals surface area contributed by atoms with Crippen molar-refractivity contribution in [2.75, 3.05) is 13.1 Å². The zero-order chi connectivity index (χ0) is 26.1. The van der Waals surface area contributed by atoms with Gasteiger partial charge in [-0.2, -0.15) is 13.2 Å². The third-order valence-corrected chi connectivity index (χ3v) is 8.77. The highest BCUT2D eigenvalue weighted by Crippen LogP contribution is 2.50. The number of benzene rings is 1. The summed E-state index contributed by atoms with van der Waals surface area (Å²) in [5, 5.41) is 5.02. The van der Waals surface area contributed by atoms with Crippen molar-refractivity contribution in [2.45, 2.75) is 32.5 Å². The highest BCUT2D eigenvalue weighted by molar-refractivity contribution is 7.15. The highest BCUT2D eigenvalue weighted by Gasteiger charge is 2.54. The lowest BCUT2D eigenvalue weighted by molar-refractivity contribution is -0.141. The summed E-state index contributed by atoms with van der Waals surface area (Å²) in [5.41, 5.74) is 0.622. The highest BCUT2D eigenvalue weighted by atomic mass is 32.1. The minimum atomic E-state index is -4.76. The summed E-state index contributed by atoms with van der Waals surface area (Å²) in [6.07, 6.45) is -2.43. The zero-order valence-electron chi connectivity index (χ0n) is 19.9. The largest absolute Gasteiger partial charge is 0.435 e. The van der Waals surface area contributed by atoms with E-state index < -0.39 is 23.5 Å². The predicted molar refractivity (Wildman–Crippen MR) is 134 cm³/mol. The van der Waals surface area contributed by atoms with Gasteiger partial charge in [0.05, 0.1) is 15.9 Å². The monoisotopic (exact) mass is 545 g/mol. The van der Waals surface area contributed by atoms with Gasteiger partial charge in [0.2, 0.25) is 0 Å². The maximum Gasteiger partial charge on any atom is 0.435 e. The Morgan fingerprint density at radius 2 is 2.03 bits per heavy atom. The summed E-state index contributed by atoms with van der Waals surface area (Å²) in [4.78, 5) is 37.5. The Hall–Kier alpha value is -3.25. The number of alkyl halides is 3. The van der Waals surface area contributed by atoms with E-state index in [9.17, 15) is 22.8 Å². The van der Waals surface area contributed by atoms with E-state index in [1.165, 1.54) is 17.5 Å². The van der Waals surface area contributed by atoms with Crippen molar-refractivity contribution in [3.05, 3.63) is 63.5 Å². The maximum absolute atomic E-state index is 13.7. The molecule has 2 fully saturated rings. The van der Waals surface area contributed by atoms with E-state index in [0.29, 0.717) is 18.2 Å². The molecule has 4 aromatic rings. The Labute approximate surface area is 218 Å². The number of aromatic nitrogens is 3. The fourth-order valence-electron chi connectivity index (χ4n) is 5.24. The molecule has 0 bridgehead atoms. The van der Waals surface area contributed by atoms with Gasteiger partial charge in [-0.3, -0.25) is 14.0 Å². The molecule has 2 amide bonds. The molecule has 1 saturated heterocycles. The van der Waals surface area contributed by atoms with Crippen LogP contribution >= 0.6 is 22.7 Å². The van der Waals surface area contributed by atoms with Crippen LogP contribution in [0.2, 0.25) is 0 Å². The molecular weight excluding hydrogens is 523 g/mol. The molecule has 12 heteroatoms. The molecule has 192 valence electrons. The van der Waals surface area contributed by atoms with Crippen molar-refractivity contribution in [1.29, 1.82) is 0 Å². The summed E-state index contributed by atoms with van der Waals surface area (Å²) in [6.45, 7) is 4.45. The Balaban J connectivity index is 1.25. The van der Waals surface area contributed by atoms with Crippen molar-refractivity contribution < 1.29 is 22.8 Å². The van der Waals surface area contributed by atoms with Gasteiger partial charge in [-0.15, -0.1) is 22.7 Å². The third kappa shape index (κ3) is 4.21. The average Bonchev–Trinajstić information content (AvgIpc) is 3.21. The number of thiazole rings is 2. The van der Waals surface area contributed by atoms with Gasteiger partial charge >= 0.3 is 6.18 Å². The number of likely N-dealkylation sites (tertiary alicyclic amines) is 1. The Morgan fingerprint density at radius 1 is 1.22 bits per heavy atom. The minimum Gasteiger partial charge on any atom is -0.349 e. The van der Waals surface area contributed by atoms with E-state index in [1.54, 1.807) is 10.3 Å². The molecule has 1 aromatic carbocycles. The second kappa shape index (κ2) is 8.66. The summed E-state index contributed by atoms with van der Waals surface area (Å²) in [5.74, 6) is -0.537. The number of amides is 2. The van der Waals surface area contributed by atoms with E-state index in [0.717, 1.165) is 43.2 Å². The number of fused-ring (bicyclic) bond motifs is 2. The number of hydrogen-bond acceptors (Lipinski definition) is 6. The van der Waals surface area contributed by atoms with Crippen LogP contribution < -0.4 is 5.32 Å². The first-order valence-corrected chi connectivity index (χ1v) is 13.5. The second-order valence-corrected chi connectivity index (χ2v) is 11.6. The molecule has 0 spiro atoms. The van der Waals surface area contributed by atoms with Crippen LogP contribution in [0.5, 0.6) is 0 Å². The van der Waals surface area contributed by atoms with E-state index in [4.69, 9.17) is 0 Å². The van der Waals surface area contributed by atoms with Crippen molar-refractivity contribution in [1.82, 2.24) is 24.6 Å². The fourth-order valence-corrected chi connectivity index (χ4v) is 6.86. The van der Waals surface area contributed by atoms with E-state index >= 15 is 0 Å². The first-order valence-electron chi connectivity index (χ1n) is 11.8. The summed E-state index contributed by atoms with van der Waals surface area (Å²) >= 11 is 2.48. The standard InChI is InChI=1S/C25H22F3N5O2S2/c1-12-4-3-5-14(8-12)20-18(30-13(2)37-20)23(35)33-11-15-9-16(15)17(33)10-29-22(34)19-21(25(26,27)28)31-24-32(19)6-7-36-24/h3-8,15-17H,9-11H2,1-2H3,(H,29,34)/t15-,16-,17+/m0/s1. The van der Waals surface area contributed by atoms with E-state index in [1.807, 2.05) is 38.1 Å². The quantitative estimate of drug-likeness (QED) is 0.381. The SMILES string of the molecule is Cc1cccc(-c2sc(C)nc2C(=O)N2C[C@@H]3C[C@@H]3[C@H]2CNC(=O)c2c(C(F)(F)F)nc3sccn23)c1. The van der Waals surface area contributed by atoms with E-state index in [2.05, 4.69) is 15.3 Å². The van der Waals surface area contributed by atoms with Gasteiger partial charge in [-0.05, 0) is 37.7 Å². The number of piperidine rings is 1. The van der Waals surface area contributed by atoms with Gasteiger partial charge in [-0.25, -0.2) is 9.97 Å². The molecule has 3 atom stereocenters. The van der Waals surface area contributed by atoms with Gasteiger partial charge < -0.3 is 10.2 Å². The number of nitrogens with one attached hydrogen (secondary N) is 1. The van der Waals surface area contributed by atoms with Crippen LogP contribution in [0, 0.1) is 25.7 Å². The van der Waals surface area contributed by atoms with Crippen molar-refractivity contribution in [3.63, 3.8) is 0 Å². The average molecular weight is 546 g/mol. The Kier molecular flexibility index (Phi) is 5.64. The molecule has 3 aromatic heterocycles. The molecule has 2 aliphatic rings. The van der Waals surface area contributed by atoms with Crippen LogP contribution in [0.1, 0.15) is 43.7 Å². The van der Waals surface area contributed by atoms with Crippen LogP contribution in [-0.4, -0.2) is 50.2 Å². The van der Waals surface area contributed by atoms with E-state index in [-0.39, 0.29) is 29.4 Å². The van der Waals surface area contributed by atoms with Crippen LogP contribution in [0.4, 0.5) is 13.2 Å². The van der Waals surface area contributed by atoms with Gasteiger partial charge in [0, 0.05) is 24.7 Å². The molecule has 0 radical (unpaired) electrons. The lowest BCUT2D eigenvalue weighted by atomic mass is 10.1. The summed E-state index contributed by atoms with van der Waals surface area (Å²) in [6, 6.07) is 7.57. The van der Waals surface area contributed by atoms with Crippen LogP contribution in [0.3, 0.4) is 0 Å². The Morgan fingerprint density at radius 3 is 2.78 bits per heavy atom. The van der Waals surface area contributed by atoms with Gasteiger partial charge in [-0.1, -0.05) is 29.8 Å². The van der Waals surface area contributed by atoms with Crippen molar-refractivity contribution in [2.24, 2.45) is 11.8 Å². The summed E-state index contributed by atoms with van der Waals surface area (Å²) < 4.78 is 41.9. The molecule has 1 saturated carbocycles. The molecule has 1 aliphatic carbocycles. The lowest BCUT2D eigenvalue weighted by Crippen LogP contribution is -2.46. The maximum atomic E-state index is 13.7. The molecular formula is C25H22F3N5O2S2. The molecule has 1 N–H and O–H groups in total. The zero-order valence-corrected chi connectivity index (χ0v) is 21.5. The normalized spacial score (nSPS) is 20.9. The number of rotatable bonds is 5. The van der Waals surface area contributed by atoms with Crippen LogP contribution in [0.25, 0.3) is 15.4 Å². The molecule has 4 heterocycles. The van der Waals surface area contributed by atoms with Gasteiger partial charge in [0.1, 0.15) is 11.4 Å². The first-order chi connectivity index (χ1) is 17.6. The second-order valence-electron chi connectivity index (χ2n) is 9.54. The number of aryl methyl sites for hydroxylation is 2. The fraction of sp³-hybridized carbons (Fsp3) is 0.360. The molecule has 37 heavy (non-hydrogen) atoms. The Bertz CT molecular complexity index is 1540. The number of carbonyl (C=O) groups is 2. The number of hydrogen-bond donors (Lipinski definition) is 1. The number of carbonyl (C=O) groups excluding carboxylic acids is 2. The molecule has 7 nitrogen and oxygen atoms in total. The van der Waals surface area contributed by atoms with Crippen molar-refractivity contribution >= 4 is 39.4 Å². The number of nitrogens with zero attached hydrogens (tertiary/aromatic N) is 4. The lowest BCUT2D eigenvalue weighted by Gasteiger charge is -2.27. The molecule has 0 unspecified atom stereocenters. The van der Waals surface area contributed by atoms with Gasteiger partial charge in [0.15, 0.2) is 10.7 Å². The molecule has 1 aliphatic heterocycles. The van der Waals surface area contributed by atoms with Crippen molar-refractivity contribution in [3.8, 4) is 10.4 Å².